The molecule has 0 bridgehead atoms. The summed E-state index contributed by atoms with van der Waals surface area (Å²) < 4.78 is 5.14. The van der Waals surface area contributed by atoms with Crippen molar-refractivity contribution in [3.05, 3.63) is 23.8 Å². The van der Waals surface area contributed by atoms with Gasteiger partial charge in [0.1, 0.15) is 11.5 Å². The predicted octanol–water partition coefficient (Wildman–Crippen LogP) is 0.728. The number of benzene rings is 1. The van der Waals surface area contributed by atoms with E-state index in [1.165, 1.54) is 0 Å². The standard InChI is InChI=1S/C14H22N2O3/c1-10(16-7-5-15-6-8-16)14(18)12-9-11(19-2)3-4-13(12)17/h3-4,9-10,14-15,17-18H,5-8H2,1-2H3. The van der Waals surface area contributed by atoms with E-state index in [1.54, 1.807) is 25.3 Å². The topological polar surface area (TPSA) is 65.0 Å². The molecular formula is C14H22N2O3. The van der Waals surface area contributed by atoms with Crippen LogP contribution in [0.4, 0.5) is 0 Å². The number of phenolic OH excluding ortho intramolecular Hbond substituents is 1. The number of rotatable bonds is 4. The summed E-state index contributed by atoms with van der Waals surface area (Å²) in [5, 5.41) is 23.7. The molecule has 1 aliphatic rings. The van der Waals surface area contributed by atoms with Gasteiger partial charge in [-0.05, 0) is 25.1 Å². The van der Waals surface area contributed by atoms with Crippen molar-refractivity contribution >= 4 is 0 Å². The molecule has 1 aromatic carbocycles. The number of aliphatic hydroxyl groups is 1. The van der Waals surface area contributed by atoms with Gasteiger partial charge in [0.05, 0.1) is 13.2 Å². The normalized spacial score (nSPS) is 19.9. The lowest BCUT2D eigenvalue weighted by molar-refractivity contribution is 0.0494. The van der Waals surface area contributed by atoms with Crippen molar-refractivity contribution in [2.45, 2.75) is 19.1 Å². The van der Waals surface area contributed by atoms with E-state index < -0.39 is 6.10 Å². The number of hydrogen-bond acceptors (Lipinski definition) is 5. The third-order valence-corrected chi connectivity index (χ3v) is 3.74. The molecule has 0 saturated carbocycles. The van der Waals surface area contributed by atoms with Crippen molar-refractivity contribution in [2.24, 2.45) is 0 Å². The first-order chi connectivity index (χ1) is 9.13. The van der Waals surface area contributed by atoms with Crippen LogP contribution in [0.3, 0.4) is 0 Å². The van der Waals surface area contributed by atoms with E-state index in [0.717, 1.165) is 26.2 Å². The van der Waals surface area contributed by atoms with Crippen molar-refractivity contribution in [1.29, 1.82) is 0 Å². The number of piperazine rings is 1. The maximum atomic E-state index is 10.5. The van der Waals surface area contributed by atoms with Gasteiger partial charge in [0.25, 0.3) is 0 Å². The number of phenols is 1. The molecule has 2 unspecified atom stereocenters. The van der Waals surface area contributed by atoms with Gasteiger partial charge >= 0.3 is 0 Å². The molecule has 2 rings (SSSR count). The molecule has 19 heavy (non-hydrogen) atoms. The van der Waals surface area contributed by atoms with E-state index in [9.17, 15) is 10.2 Å². The highest BCUT2D eigenvalue weighted by Crippen LogP contribution is 2.31. The Morgan fingerprint density at radius 3 is 2.63 bits per heavy atom. The van der Waals surface area contributed by atoms with Gasteiger partial charge in [0.15, 0.2) is 0 Å². The van der Waals surface area contributed by atoms with E-state index in [1.807, 2.05) is 6.92 Å². The van der Waals surface area contributed by atoms with E-state index >= 15 is 0 Å². The lowest BCUT2D eigenvalue weighted by Crippen LogP contribution is -2.49. The van der Waals surface area contributed by atoms with Crippen molar-refractivity contribution in [1.82, 2.24) is 10.2 Å². The Kier molecular flexibility index (Phi) is 4.63. The third kappa shape index (κ3) is 3.18. The zero-order chi connectivity index (χ0) is 13.8. The second-order valence-electron chi connectivity index (χ2n) is 4.90. The Hall–Kier alpha value is -1.30. The number of nitrogens with zero attached hydrogens (tertiary/aromatic N) is 1. The average Bonchev–Trinajstić information content (AvgIpc) is 2.47. The predicted molar refractivity (Wildman–Crippen MR) is 73.5 cm³/mol. The number of ether oxygens (including phenoxy) is 1. The molecule has 1 fully saturated rings. The van der Waals surface area contributed by atoms with Crippen LogP contribution in [0.2, 0.25) is 0 Å². The van der Waals surface area contributed by atoms with E-state index in [2.05, 4.69) is 10.2 Å². The number of nitrogens with one attached hydrogen (secondary N) is 1. The summed E-state index contributed by atoms with van der Waals surface area (Å²) in [5.74, 6) is 0.745. The molecule has 0 radical (unpaired) electrons. The Morgan fingerprint density at radius 2 is 2.00 bits per heavy atom. The summed E-state index contributed by atoms with van der Waals surface area (Å²) >= 11 is 0. The molecule has 0 amide bonds. The van der Waals surface area contributed by atoms with Crippen LogP contribution in [0.5, 0.6) is 11.5 Å². The zero-order valence-corrected chi connectivity index (χ0v) is 11.5. The summed E-state index contributed by atoms with van der Waals surface area (Å²) in [6.07, 6.45) is -0.729. The fourth-order valence-corrected chi connectivity index (χ4v) is 2.45. The zero-order valence-electron chi connectivity index (χ0n) is 11.5. The Morgan fingerprint density at radius 1 is 1.32 bits per heavy atom. The van der Waals surface area contributed by atoms with E-state index in [0.29, 0.717) is 11.3 Å². The van der Waals surface area contributed by atoms with Crippen molar-refractivity contribution in [2.75, 3.05) is 33.3 Å². The molecule has 5 heteroatoms. The molecule has 1 aliphatic heterocycles. The van der Waals surface area contributed by atoms with Crippen LogP contribution in [-0.2, 0) is 0 Å². The number of hydrogen-bond donors (Lipinski definition) is 3. The van der Waals surface area contributed by atoms with Crippen molar-refractivity contribution < 1.29 is 14.9 Å². The molecular weight excluding hydrogens is 244 g/mol. The van der Waals surface area contributed by atoms with Crippen LogP contribution in [0.25, 0.3) is 0 Å². The van der Waals surface area contributed by atoms with Crippen LogP contribution in [0.1, 0.15) is 18.6 Å². The molecule has 1 aromatic rings. The molecule has 0 spiro atoms. The SMILES string of the molecule is COc1ccc(O)c(C(O)C(C)N2CCNCC2)c1. The van der Waals surface area contributed by atoms with Crippen LogP contribution < -0.4 is 10.1 Å². The first-order valence-corrected chi connectivity index (χ1v) is 6.63. The van der Waals surface area contributed by atoms with Crippen LogP contribution >= 0.6 is 0 Å². The molecule has 3 N–H and O–H groups in total. The van der Waals surface area contributed by atoms with Crippen LogP contribution in [0, 0.1) is 0 Å². The molecule has 0 aromatic heterocycles. The van der Waals surface area contributed by atoms with Gasteiger partial charge in [-0.3, -0.25) is 4.90 Å². The minimum absolute atomic E-state index is 0.0416. The molecule has 1 heterocycles. The highest BCUT2D eigenvalue weighted by atomic mass is 16.5. The van der Waals surface area contributed by atoms with Gasteiger partial charge < -0.3 is 20.3 Å². The average molecular weight is 266 g/mol. The lowest BCUT2D eigenvalue weighted by atomic mass is 10.0. The first kappa shape index (κ1) is 14.1. The second-order valence-corrected chi connectivity index (χ2v) is 4.90. The van der Waals surface area contributed by atoms with Gasteiger partial charge in [-0.2, -0.15) is 0 Å². The fraction of sp³-hybridized carbons (Fsp3) is 0.571. The summed E-state index contributed by atoms with van der Waals surface area (Å²) in [5.41, 5.74) is 0.519. The molecule has 0 aliphatic carbocycles. The lowest BCUT2D eigenvalue weighted by Gasteiger charge is -2.35. The maximum absolute atomic E-state index is 10.5. The number of aliphatic hydroxyl groups excluding tert-OH is 1. The Bertz CT molecular complexity index is 419. The summed E-state index contributed by atoms with van der Waals surface area (Å²) in [6, 6.07) is 4.89. The molecule has 106 valence electrons. The second kappa shape index (κ2) is 6.23. The van der Waals surface area contributed by atoms with Gasteiger partial charge in [0, 0.05) is 37.8 Å². The van der Waals surface area contributed by atoms with Crippen molar-refractivity contribution in [3.63, 3.8) is 0 Å². The largest absolute Gasteiger partial charge is 0.508 e. The van der Waals surface area contributed by atoms with Gasteiger partial charge in [-0.25, -0.2) is 0 Å². The minimum atomic E-state index is -0.729. The fourth-order valence-electron chi connectivity index (χ4n) is 2.45. The van der Waals surface area contributed by atoms with Crippen molar-refractivity contribution in [3.8, 4) is 11.5 Å². The molecule has 1 saturated heterocycles. The smallest absolute Gasteiger partial charge is 0.121 e. The number of methoxy groups -OCH3 is 1. The number of aromatic hydroxyl groups is 1. The Balaban J connectivity index is 2.15. The van der Waals surface area contributed by atoms with Gasteiger partial charge in [-0.15, -0.1) is 0 Å². The van der Waals surface area contributed by atoms with E-state index in [-0.39, 0.29) is 11.8 Å². The molecule has 5 nitrogen and oxygen atoms in total. The minimum Gasteiger partial charge on any atom is -0.508 e. The highest BCUT2D eigenvalue weighted by molar-refractivity contribution is 5.41. The summed E-state index contributed by atoms with van der Waals surface area (Å²) in [7, 11) is 1.57. The van der Waals surface area contributed by atoms with Gasteiger partial charge in [-0.1, -0.05) is 0 Å². The summed E-state index contributed by atoms with van der Waals surface area (Å²) in [4.78, 5) is 2.22. The Labute approximate surface area is 113 Å². The first-order valence-electron chi connectivity index (χ1n) is 6.63. The van der Waals surface area contributed by atoms with Crippen LogP contribution in [-0.4, -0.2) is 54.4 Å². The molecule has 2 atom stereocenters. The third-order valence-electron chi connectivity index (χ3n) is 3.74. The summed E-state index contributed by atoms with van der Waals surface area (Å²) in [6.45, 7) is 5.66. The maximum Gasteiger partial charge on any atom is 0.121 e. The van der Waals surface area contributed by atoms with Gasteiger partial charge in [0.2, 0.25) is 0 Å². The highest BCUT2D eigenvalue weighted by Gasteiger charge is 2.26. The quantitative estimate of drug-likeness (QED) is 0.750. The monoisotopic (exact) mass is 266 g/mol. The van der Waals surface area contributed by atoms with E-state index in [4.69, 9.17) is 4.74 Å². The van der Waals surface area contributed by atoms with Crippen LogP contribution in [0.15, 0.2) is 18.2 Å².